The largest absolute Gasteiger partial charge is 0.352 e. The molecule has 1 amide bonds. The number of amides is 1. The highest BCUT2D eigenvalue weighted by atomic mass is 79.9. The van der Waals surface area contributed by atoms with Crippen molar-refractivity contribution in [3.8, 4) is 0 Å². The Bertz CT molecular complexity index is 623. The number of rotatable bonds is 5. The molecule has 0 heterocycles. The van der Waals surface area contributed by atoms with Crippen molar-refractivity contribution < 1.29 is 13.2 Å². The summed E-state index contributed by atoms with van der Waals surface area (Å²) in [4.78, 5) is 12.4. The van der Waals surface area contributed by atoms with E-state index in [1.54, 1.807) is 19.1 Å². The van der Waals surface area contributed by atoms with Crippen molar-refractivity contribution in [2.24, 2.45) is 0 Å². The number of hydrogen-bond donors (Lipinski definition) is 2. The number of benzene rings is 1. The highest BCUT2D eigenvalue weighted by molar-refractivity contribution is 9.10. The lowest BCUT2D eigenvalue weighted by Crippen LogP contribution is -2.47. The molecule has 7 heteroatoms. The Morgan fingerprint density at radius 3 is 2.26 bits per heavy atom. The normalized spacial score (nSPS) is 18.2. The zero-order valence-corrected chi connectivity index (χ0v) is 15.6. The highest BCUT2D eigenvalue weighted by Gasteiger charge is 2.24. The molecule has 2 N–H and O–H groups in total. The van der Waals surface area contributed by atoms with Gasteiger partial charge in [-0.25, -0.2) is 8.42 Å². The average Bonchev–Trinajstić information content (AvgIpc) is 2.76. The Kier molecular flexibility index (Phi) is 6.61. The van der Waals surface area contributed by atoms with Crippen molar-refractivity contribution in [2.45, 2.75) is 62.4 Å². The second-order valence-electron chi connectivity index (χ2n) is 5.99. The first kappa shape index (κ1) is 18.4. The van der Waals surface area contributed by atoms with Crippen molar-refractivity contribution >= 4 is 31.9 Å². The smallest absolute Gasteiger partial charge is 0.241 e. The second-order valence-corrected chi connectivity index (χ2v) is 8.62. The molecule has 1 saturated carbocycles. The van der Waals surface area contributed by atoms with E-state index >= 15 is 0 Å². The number of sulfonamides is 1. The lowest BCUT2D eigenvalue weighted by atomic mass is 10.1. The summed E-state index contributed by atoms with van der Waals surface area (Å²) in [6.45, 7) is 1.57. The average molecular weight is 403 g/mol. The Morgan fingerprint density at radius 2 is 1.70 bits per heavy atom. The minimum atomic E-state index is -3.70. The zero-order chi connectivity index (χ0) is 16.9. The molecule has 1 aromatic rings. The maximum absolute atomic E-state index is 12.3. The number of carbonyl (C=O) groups excluding carboxylic acids is 1. The van der Waals surface area contributed by atoms with Crippen LogP contribution >= 0.6 is 15.9 Å². The Morgan fingerprint density at radius 1 is 1.13 bits per heavy atom. The van der Waals surface area contributed by atoms with E-state index in [1.165, 1.54) is 25.0 Å². The predicted octanol–water partition coefficient (Wildman–Crippen LogP) is 2.95. The van der Waals surface area contributed by atoms with Gasteiger partial charge in [0.25, 0.3) is 0 Å². The van der Waals surface area contributed by atoms with Crippen LogP contribution in [-0.4, -0.2) is 26.4 Å². The summed E-state index contributed by atoms with van der Waals surface area (Å²) >= 11 is 3.27. The van der Waals surface area contributed by atoms with Crippen LogP contribution in [-0.2, 0) is 14.8 Å². The highest BCUT2D eigenvalue weighted by Crippen LogP contribution is 2.18. The molecule has 0 aromatic heterocycles. The molecular weight excluding hydrogens is 380 g/mol. The summed E-state index contributed by atoms with van der Waals surface area (Å²) in [5, 5.41) is 2.97. The molecule has 1 aromatic carbocycles. The molecule has 23 heavy (non-hydrogen) atoms. The summed E-state index contributed by atoms with van der Waals surface area (Å²) in [5.41, 5.74) is 0. The molecule has 0 aliphatic heterocycles. The molecule has 1 aliphatic rings. The molecule has 5 nitrogen and oxygen atoms in total. The SMILES string of the molecule is C[C@H](NS(=O)(=O)c1ccc(Br)cc1)C(=O)NC1CCCCCC1. The van der Waals surface area contributed by atoms with Gasteiger partial charge in [0.2, 0.25) is 15.9 Å². The summed E-state index contributed by atoms with van der Waals surface area (Å²) in [7, 11) is -3.70. The van der Waals surface area contributed by atoms with Gasteiger partial charge >= 0.3 is 0 Å². The Labute approximate surface area is 146 Å². The molecule has 0 spiro atoms. The minimum absolute atomic E-state index is 0.148. The van der Waals surface area contributed by atoms with Crippen LogP contribution in [0.5, 0.6) is 0 Å². The summed E-state index contributed by atoms with van der Waals surface area (Å²) < 4.78 is 27.8. The van der Waals surface area contributed by atoms with Gasteiger partial charge < -0.3 is 5.32 Å². The van der Waals surface area contributed by atoms with E-state index in [0.717, 1.165) is 30.2 Å². The van der Waals surface area contributed by atoms with Crippen LogP contribution < -0.4 is 10.0 Å². The molecule has 128 valence electrons. The van der Waals surface area contributed by atoms with Gasteiger partial charge in [-0.3, -0.25) is 4.79 Å². The van der Waals surface area contributed by atoms with E-state index in [2.05, 4.69) is 26.0 Å². The van der Waals surface area contributed by atoms with Crippen molar-refractivity contribution in [3.63, 3.8) is 0 Å². The second kappa shape index (κ2) is 8.26. The van der Waals surface area contributed by atoms with Crippen molar-refractivity contribution in [1.82, 2.24) is 10.0 Å². The lowest BCUT2D eigenvalue weighted by molar-refractivity contribution is -0.123. The van der Waals surface area contributed by atoms with Gasteiger partial charge in [-0.05, 0) is 44.0 Å². The topological polar surface area (TPSA) is 75.3 Å². The van der Waals surface area contributed by atoms with E-state index in [9.17, 15) is 13.2 Å². The third-order valence-electron chi connectivity index (χ3n) is 4.05. The summed E-state index contributed by atoms with van der Waals surface area (Å²) in [6.07, 6.45) is 6.58. The fourth-order valence-corrected chi connectivity index (χ4v) is 4.19. The monoisotopic (exact) mass is 402 g/mol. The quantitative estimate of drug-likeness (QED) is 0.743. The third-order valence-corrected chi connectivity index (χ3v) is 6.14. The van der Waals surface area contributed by atoms with E-state index in [4.69, 9.17) is 0 Å². The van der Waals surface area contributed by atoms with Crippen LogP contribution in [0.1, 0.15) is 45.4 Å². The van der Waals surface area contributed by atoms with Gasteiger partial charge in [-0.1, -0.05) is 41.6 Å². The number of hydrogen-bond acceptors (Lipinski definition) is 3. The van der Waals surface area contributed by atoms with Gasteiger partial charge in [0, 0.05) is 10.5 Å². The van der Waals surface area contributed by atoms with Crippen molar-refractivity contribution in [3.05, 3.63) is 28.7 Å². The number of halogens is 1. The van der Waals surface area contributed by atoms with E-state index in [0.29, 0.717) is 0 Å². The van der Waals surface area contributed by atoms with E-state index in [1.807, 2.05) is 0 Å². The molecule has 1 aliphatic carbocycles. The van der Waals surface area contributed by atoms with Crippen LogP contribution in [0.15, 0.2) is 33.6 Å². The first-order chi connectivity index (χ1) is 10.9. The third kappa shape index (κ3) is 5.58. The molecule has 1 atom stereocenters. The van der Waals surface area contributed by atoms with Crippen molar-refractivity contribution in [1.29, 1.82) is 0 Å². The van der Waals surface area contributed by atoms with Crippen molar-refractivity contribution in [2.75, 3.05) is 0 Å². The van der Waals surface area contributed by atoms with Gasteiger partial charge in [-0.2, -0.15) is 4.72 Å². The summed E-state index contributed by atoms with van der Waals surface area (Å²) in [6, 6.07) is 5.68. The van der Waals surface area contributed by atoms with Gasteiger partial charge in [0.05, 0.1) is 10.9 Å². The maximum atomic E-state index is 12.3. The molecular formula is C16H23BrN2O3S. The number of nitrogens with one attached hydrogen (secondary N) is 2. The Balaban J connectivity index is 1.95. The van der Waals surface area contributed by atoms with Crippen LogP contribution in [0.3, 0.4) is 0 Å². The molecule has 0 radical (unpaired) electrons. The van der Waals surface area contributed by atoms with Gasteiger partial charge in [0.1, 0.15) is 0 Å². The molecule has 0 unspecified atom stereocenters. The van der Waals surface area contributed by atoms with Crippen LogP contribution in [0, 0.1) is 0 Å². The lowest BCUT2D eigenvalue weighted by Gasteiger charge is -2.20. The molecule has 0 saturated heterocycles. The fourth-order valence-electron chi connectivity index (χ4n) is 2.72. The van der Waals surface area contributed by atoms with Crippen LogP contribution in [0.4, 0.5) is 0 Å². The van der Waals surface area contributed by atoms with E-state index in [-0.39, 0.29) is 16.8 Å². The minimum Gasteiger partial charge on any atom is -0.352 e. The van der Waals surface area contributed by atoms with Crippen LogP contribution in [0.2, 0.25) is 0 Å². The Hall–Kier alpha value is -0.920. The van der Waals surface area contributed by atoms with Crippen LogP contribution in [0.25, 0.3) is 0 Å². The standard InChI is InChI=1S/C16H23BrN2O3S/c1-12(16(20)18-14-6-4-2-3-5-7-14)19-23(21,22)15-10-8-13(17)9-11-15/h8-12,14,19H,2-7H2,1H3,(H,18,20)/t12-/m0/s1. The fraction of sp³-hybridized carbons (Fsp3) is 0.562. The summed E-state index contributed by atoms with van der Waals surface area (Å²) in [5.74, 6) is -0.266. The van der Waals surface area contributed by atoms with E-state index < -0.39 is 16.1 Å². The predicted molar refractivity (Wildman–Crippen MR) is 93.6 cm³/mol. The van der Waals surface area contributed by atoms with Gasteiger partial charge in [0.15, 0.2) is 0 Å². The first-order valence-electron chi connectivity index (χ1n) is 7.97. The zero-order valence-electron chi connectivity index (χ0n) is 13.2. The maximum Gasteiger partial charge on any atom is 0.241 e. The number of carbonyl (C=O) groups is 1. The van der Waals surface area contributed by atoms with Gasteiger partial charge in [-0.15, -0.1) is 0 Å². The first-order valence-corrected chi connectivity index (χ1v) is 10.2. The molecule has 2 rings (SSSR count). The molecule has 1 fully saturated rings. The molecule has 0 bridgehead atoms.